The van der Waals surface area contributed by atoms with Crippen molar-refractivity contribution in [2.24, 2.45) is 5.92 Å². The number of amides is 2. The normalized spacial score (nSPS) is 19.3. The van der Waals surface area contributed by atoms with Crippen LogP contribution in [-0.2, 0) is 16.1 Å². The number of nitrogens with zero attached hydrogens (tertiary/aromatic N) is 3. The Morgan fingerprint density at radius 1 is 1.33 bits per heavy atom. The molecule has 1 fully saturated rings. The minimum atomic E-state index is -0.367. The van der Waals surface area contributed by atoms with E-state index < -0.39 is 0 Å². The third kappa shape index (κ3) is 4.79. The van der Waals surface area contributed by atoms with Crippen LogP contribution in [0.3, 0.4) is 0 Å². The van der Waals surface area contributed by atoms with E-state index in [0.717, 1.165) is 5.56 Å². The molecule has 2 aromatic heterocycles. The number of carbonyl (C=O) groups excluding carboxylic acids is 2. The van der Waals surface area contributed by atoms with Gasteiger partial charge in [0.2, 0.25) is 11.5 Å². The van der Waals surface area contributed by atoms with E-state index in [4.69, 9.17) is 4.74 Å². The van der Waals surface area contributed by atoms with Crippen LogP contribution in [0.5, 0.6) is 0 Å². The summed E-state index contributed by atoms with van der Waals surface area (Å²) in [7, 11) is 1.64. The van der Waals surface area contributed by atoms with Gasteiger partial charge in [-0.3, -0.25) is 19.1 Å². The minimum absolute atomic E-state index is 0.0560. The summed E-state index contributed by atoms with van der Waals surface area (Å²) >= 11 is 0. The van der Waals surface area contributed by atoms with Crippen molar-refractivity contribution in [2.45, 2.75) is 45.3 Å². The maximum atomic E-state index is 12.9. The van der Waals surface area contributed by atoms with Gasteiger partial charge in [-0.1, -0.05) is 0 Å². The van der Waals surface area contributed by atoms with Gasteiger partial charge in [0.25, 0.3) is 5.91 Å². The fourth-order valence-corrected chi connectivity index (χ4v) is 3.91. The second-order valence-corrected chi connectivity index (χ2v) is 8.52. The monoisotopic (exact) mass is 415 g/mol. The molecular weight excluding hydrogens is 386 g/mol. The van der Waals surface area contributed by atoms with Crippen molar-refractivity contribution in [3.63, 3.8) is 0 Å². The summed E-state index contributed by atoms with van der Waals surface area (Å²) in [6.07, 6.45) is 5.46. The number of carbonyl (C=O) groups is 2. The quantitative estimate of drug-likeness (QED) is 0.709. The van der Waals surface area contributed by atoms with Crippen LogP contribution < -0.4 is 10.9 Å². The number of ether oxygens (including phenoxy) is 1. The second kappa shape index (κ2) is 8.83. The molecule has 0 radical (unpaired) electrons. The third-order valence-electron chi connectivity index (χ3n) is 5.24. The van der Waals surface area contributed by atoms with E-state index in [-0.39, 0.29) is 34.9 Å². The van der Waals surface area contributed by atoms with E-state index in [1.807, 2.05) is 31.9 Å². The van der Waals surface area contributed by atoms with Gasteiger partial charge in [-0.2, -0.15) is 5.10 Å². The Bertz CT molecular complexity index is 938. The molecule has 2 N–H and O–H groups in total. The molecule has 1 aliphatic heterocycles. The molecule has 2 atom stereocenters. The molecule has 3 heterocycles. The van der Waals surface area contributed by atoms with Crippen molar-refractivity contribution in [1.82, 2.24) is 25.0 Å². The van der Waals surface area contributed by atoms with Gasteiger partial charge in [0.1, 0.15) is 0 Å². The lowest BCUT2D eigenvalue weighted by Crippen LogP contribution is -2.44. The maximum Gasteiger partial charge on any atom is 0.252 e. The molecule has 162 valence electrons. The molecule has 0 aromatic carbocycles. The second-order valence-electron chi connectivity index (χ2n) is 8.52. The summed E-state index contributed by atoms with van der Waals surface area (Å²) in [5, 5.41) is 7.31. The summed E-state index contributed by atoms with van der Waals surface area (Å²) in [4.78, 5) is 40.9. The van der Waals surface area contributed by atoms with E-state index in [1.54, 1.807) is 18.0 Å². The molecule has 9 nitrogen and oxygen atoms in total. The van der Waals surface area contributed by atoms with E-state index in [1.165, 1.54) is 18.3 Å². The number of likely N-dealkylation sites (tertiary alicyclic amines) is 1. The summed E-state index contributed by atoms with van der Waals surface area (Å²) in [5.74, 6) is -0.327. The minimum Gasteiger partial charge on any atom is -0.383 e. The summed E-state index contributed by atoms with van der Waals surface area (Å²) in [6, 6.07) is 2.60. The molecule has 1 aliphatic rings. The van der Waals surface area contributed by atoms with Crippen LogP contribution in [0, 0.1) is 5.92 Å². The number of nitrogens with one attached hydrogen (secondary N) is 2. The van der Waals surface area contributed by atoms with Crippen LogP contribution in [0.2, 0.25) is 0 Å². The molecule has 0 saturated carbocycles. The average Bonchev–Trinajstić information content (AvgIpc) is 3.28. The lowest BCUT2D eigenvalue weighted by atomic mass is 9.93. The number of hydrogen-bond acceptors (Lipinski definition) is 5. The fraction of sp³-hybridized carbons (Fsp3) is 0.524. The average molecular weight is 415 g/mol. The van der Waals surface area contributed by atoms with Gasteiger partial charge in [-0.25, -0.2) is 0 Å². The standard InChI is InChI=1S/C21H29N5O4/c1-21(2,3)26-18(28)9-15(11-23-20(29)14-5-6-17(27)22-10-14)19(26)16-12-24-25(13-16)7-8-30-4/h5-6,10,12-13,15,19H,7-9,11H2,1-4H3,(H,22,27)(H,23,29)/t15-,19+/m0/s1. The molecule has 2 amide bonds. The highest BCUT2D eigenvalue weighted by molar-refractivity contribution is 5.93. The summed E-state index contributed by atoms with van der Waals surface area (Å²) in [5.41, 5.74) is 0.679. The summed E-state index contributed by atoms with van der Waals surface area (Å²) < 4.78 is 6.92. The van der Waals surface area contributed by atoms with Gasteiger partial charge in [-0.05, 0) is 26.8 Å². The van der Waals surface area contributed by atoms with Gasteiger partial charge in [0.15, 0.2) is 0 Å². The highest BCUT2D eigenvalue weighted by Gasteiger charge is 2.45. The Kier molecular flexibility index (Phi) is 6.40. The topological polar surface area (TPSA) is 109 Å². The van der Waals surface area contributed by atoms with E-state index in [0.29, 0.717) is 31.7 Å². The molecule has 1 saturated heterocycles. The first kappa shape index (κ1) is 21.8. The van der Waals surface area contributed by atoms with Crippen molar-refractivity contribution in [3.05, 3.63) is 52.2 Å². The highest BCUT2D eigenvalue weighted by atomic mass is 16.5. The van der Waals surface area contributed by atoms with E-state index >= 15 is 0 Å². The van der Waals surface area contributed by atoms with Crippen molar-refractivity contribution < 1.29 is 14.3 Å². The lowest BCUT2D eigenvalue weighted by molar-refractivity contribution is -0.133. The molecule has 9 heteroatoms. The zero-order valence-electron chi connectivity index (χ0n) is 17.8. The Labute approximate surface area is 175 Å². The van der Waals surface area contributed by atoms with Crippen LogP contribution in [-0.4, -0.2) is 57.3 Å². The number of aromatic amines is 1. The van der Waals surface area contributed by atoms with Crippen LogP contribution in [0.1, 0.15) is 49.2 Å². The Morgan fingerprint density at radius 2 is 2.10 bits per heavy atom. The molecule has 0 bridgehead atoms. The number of methoxy groups -OCH3 is 1. The van der Waals surface area contributed by atoms with Crippen LogP contribution >= 0.6 is 0 Å². The smallest absolute Gasteiger partial charge is 0.252 e. The number of H-pyrrole nitrogens is 1. The van der Waals surface area contributed by atoms with Gasteiger partial charge in [0.05, 0.1) is 31.0 Å². The first-order valence-corrected chi connectivity index (χ1v) is 10.0. The number of pyridine rings is 1. The summed E-state index contributed by atoms with van der Waals surface area (Å²) in [6.45, 7) is 7.54. The van der Waals surface area contributed by atoms with E-state index in [2.05, 4.69) is 15.4 Å². The Hall–Kier alpha value is -2.94. The number of hydrogen-bond donors (Lipinski definition) is 2. The Morgan fingerprint density at radius 3 is 2.73 bits per heavy atom. The molecule has 0 aliphatic carbocycles. The van der Waals surface area contributed by atoms with Gasteiger partial charge < -0.3 is 19.9 Å². The fourth-order valence-electron chi connectivity index (χ4n) is 3.91. The molecule has 2 aromatic rings. The molecule has 0 unspecified atom stereocenters. The van der Waals surface area contributed by atoms with Gasteiger partial charge in [-0.15, -0.1) is 0 Å². The third-order valence-corrected chi connectivity index (χ3v) is 5.24. The van der Waals surface area contributed by atoms with Crippen molar-refractivity contribution in [1.29, 1.82) is 0 Å². The predicted molar refractivity (Wildman–Crippen MR) is 111 cm³/mol. The molecular formula is C21H29N5O4. The maximum absolute atomic E-state index is 12.9. The molecule has 3 rings (SSSR count). The van der Waals surface area contributed by atoms with E-state index in [9.17, 15) is 14.4 Å². The van der Waals surface area contributed by atoms with Crippen molar-refractivity contribution >= 4 is 11.8 Å². The first-order valence-electron chi connectivity index (χ1n) is 10.0. The zero-order chi connectivity index (χ0) is 21.9. The molecule has 30 heavy (non-hydrogen) atoms. The lowest BCUT2D eigenvalue weighted by Gasteiger charge is -2.38. The largest absolute Gasteiger partial charge is 0.383 e. The first-order chi connectivity index (χ1) is 14.2. The highest BCUT2D eigenvalue weighted by Crippen LogP contribution is 2.42. The predicted octanol–water partition coefficient (Wildman–Crippen LogP) is 1.34. The number of rotatable bonds is 7. The van der Waals surface area contributed by atoms with Gasteiger partial charge in [0, 0.05) is 55.6 Å². The number of aromatic nitrogens is 3. The van der Waals surface area contributed by atoms with Crippen LogP contribution in [0.15, 0.2) is 35.5 Å². The SMILES string of the molecule is COCCn1cc([C@H]2[C@H](CNC(=O)c3ccc(=O)[nH]c3)CC(=O)N2C(C)(C)C)cn1. The molecule has 0 spiro atoms. The Balaban J connectivity index is 1.80. The van der Waals surface area contributed by atoms with Gasteiger partial charge >= 0.3 is 0 Å². The van der Waals surface area contributed by atoms with Crippen LogP contribution in [0.25, 0.3) is 0 Å². The van der Waals surface area contributed by atoms with Crippen molar-refractivity contribution in [3.8, 4) is 0 Å². The van der Waals surface area contributed by atoms with Crippen molar-refractivity contribution in [2.75, 3.05) is 20.3 Å². The zero-order valence-corrected chi connectivity index (χ0v) is 17.8. The van der Waals surface area contributed by atoms with Crippen LogP contribution in [0.4, 0.5) is 0 Å².